The van der Waals surface area contributed by atoms with Crippen LogP contribution in [0.3, 0.4) is 0 Å². The Morgan fingerprint density at radius 2 is 1.90 bits per heavy atom. The van der Waals surface area contributed by atoms with E-state index in [1.54, 1.807) is 0 Å². The van der Waals surface area contributed by atoms with Crippen LogP contribution >= 0.6 is 24.8 Å². The van der Waals surface area contributed by atoms with E-state index in [0.29, 0.717) is 25.0 Å². The van der Waals surface area contributed by atoms with Crippen molar-refractivity contribution in [3.05, 3.63) is 47.2 Å². The Balaban J connectivity index is 0.00000160. The highest BCUT2D eigenvalue weighted by atomic mass is 35.5. The SMILES string of the molecule is Cc1cc(N2CCN(C(=O)c3ccccc3CC3CCNC3)CC2)nc(N)n1.Cl.Cl. The summed E-state index contributed by atoms with van der Waals surface area (Å²) < 4.78 is 0. The Kier molecular flexibility index (Phi) is 8.70. The first-order valence-electron chi connectivity index (χ1n) is 10.0. The van der Waals surface area contributed by atoms with E-state index in [-0.39, 0.29) is 30.7 Å². The van der Waals surface area contributed by atoms with Gasteiger partial charge >= 0.3 is 0 Å². The van der Waals surface area contributed by atoms with E-state index < -0.39 is 0 Å². The highest BCUT2D eigenvalue weighted by Gasteiger charge is 2.25. The number of nitrogens with zero attached hydrogens (tertiary/aromatic N) is 4. The number of nitrogens with two attached hydrogens (primary N) is 1. The van der Waals surface area contributed by atoms with E-state index in [4.69, 9.17) is 5.73 Å². The number of halogens is 2. The fraction of sp³-hybridized carbons (Fsp3) is 0.476. The van der Waals surface area contributed by atoms with E-state index >= 15 is 0 Å². The van der Waals surface area contributed by atoms with Gasteiger partial charge in [-0.2, -0.15) is 4.98 Å². The Morgan fingerprint density at radius 1 is 1.17 bits per heavy atom. The van der Waals surface area contributed by atoms with Crippen LogP contribution in [-0.2, 0) is 6.42 Å². The number of aryl methyl sites for hydroxylation is 1. The summed E-state index contributed by atoms with van der Waals surface area (Å²) in [5.41, 5.74) is 8.66. The third kappa shape index (κ3) is 5.53. The zero-order valence-corrected chi connectivity index (χ0v) is 18.8. The van der Waals surface area contributed by atoms with Crippen LogP contribution in [0.25, 0.3) is 0 Å². The summed E-state index contributed by atoms with van der Waals surface area (Å²) in [5, 5.41) is 3.41. The number of rotatable bonds is 4. The number of amides is 1. The van der Waals surface area contributed by atoms with Crippen LogP contribution in [0.2, 0.25) is 0 Å². The number of aromatic nitrogens is 2. The van der Waals surface area contributed by atoms with Gasteiger partial charge in [-0.05, 0) is 50.4 Å². The molecule has 0 aliphatic carbocycles. The summed E-state index contributed by atoms with van der Waals surface area (Å²) in [4.78, 5) is 25.8. The van der Waals surface area contributed by atoms with Gasteiger partial charge in [-0.25, -0.2) is 4.98 Å². The molecule has 2 aromatic rings. The molecule has 30 heavy (non-hydrogen) atoms. The lowest BCUT2D eigenvalue weighted by atomic mass is 9.94. The third-order valence-electron chi connectivity index (χ3n) is 5.67. The minimum atomic E-state index is 0. The number of nitrogen functional groups attached to an aromatic ring is 1. The van der Waals surface area contributed by atoms with Crippen molar-refractivity contribution >= 4 is 42.5 Å². The standard InChI is InChI=1S/C21H28N6O.2ClH/c1-15-12-19(25-21(22)24-15)26-8-10-27(11-9-26)20(28)18-5-3-2-4-17(18)13-16-6-7-23-14-16;;/h2-5,12,16,23H,6-11,13-14H2,1H3,(H2,22,24,25);2*1H. The van der Waals surface area contributed by atoms with Gasteiger partial charge in [0.15, 0.2) is 0 Å². The van der Waals surface area contributed by atoms with Crippen LogP contribution in [0, 0.1) is 12.8 Å². The molecule has 0 saturated carbocycles. The van der Waals surface area contributed by atoms with E-state index in [1.807, 2.05) is 36.1 Å². The molecule has 2 fully saturated rings. The Hall–Kier alpha value is -2.09. The maximum Gasteiger partial charge on any atom is 0.254 e. The van der Waals surface area contributed by atoms with Crippen LogP contribution in [0.15, 0.2) is 30.3 Å². The number of piperazine rings is 1. The van der Waals surface area contributed by atoms with E-state index in [1.165, 1.54) is 12.0 Å². The molecule has 3 N–H and O–H groups in total. The first-order valence-corrected chi connectivity index (χ1v) is 10.0. The number of anilines is 2. The highest BCUT2D eigenvalue weighted by molar-refractivity contribution is 5.96. The van der Waals surface area contributed by atoms with Crippen molar-refractivity contribution in [2.24, 2.45) is 5.92 Å². The normalized spacial score (nSPS) is 18.5. The van der Waals surface area contributed by atoms with Crippen LogP contribution in [0.5, 0.6) is 0 Å². The van der Waals surface area contributed by atoms with Gasteiger partial charge in [-0.1, -0.05) is 18.2 Å². The number of nitrogens with one attached hydrogen (secondary N) is 1. The van der Waals surface area contributed by atoms with Crippen molar-refractivity contribution in [3.63, 3.8) is 0 Å². The number of benzene rings is 1. The van der Waals surface area contributed by atoms with Crippen molar-refractivity contribution in [2.45, 2.75) is 19.8 Å². The van der Waals surface area contributed by atoms with Crippen molar-refractivity contribution in [2.75, 3.05) is 49.9 Å². The molecule has 2 aliphatic rings. The number of hydrogen-bond donors (Lipinski definition) is 2. The quantitative estimate of drug-likeness (QED) is 0.739. The molecule has 164 valence electrons. The predicted octanol–water partition coefficient (Wildman–Crippen LogP) is 2.33. The first-order chi connectivity index (χ1) is 13.6. The van der Waals surface area contributed by atoms with Gasteiger partial charge in [-0.3, -0.25) is 4.79 Å². The first kappa shape index (κ1) is 24.2. The Labute approximate surface area is 190 Å². The molecule has 1 atom stereocenters. The van der Waals surface area contributed by atoms with Gasteiger partial charge < -0.3 is 20.9 Å². The van der Waals surface area contributed by atoms with Crippen LogP contribution in [0.1, 0.15) is 28.0 Å². The van der Waals surface area contributed by atoms with E-state index in [2.05, 4.69) is 26.3 Å². The summed E-state index contributed by atoms with van der Waals surface area (Å²) in [6.07, 6.45) is 2.15. The summed E-state index contributed by atoms with van der Waals surface area (Å²) in [6.45, 7) is 6.89. The second kappa shape index (κ2) is 10.8. The van der Waals surface area contributed by atoms with Crippen LogP contribution in [0.4, 0.5) is 11.8 Å². The molecule has 0 bridgehead atoms. The summed E-state index contributed by atoms with van der Waals surface area (Å²) in [5.74, 6) is 1.90. The largest absolute Gasteiger partial charge is 0.368 e. The second-order valence-corrected chi connectivity index (χ2v) is 7.73. The molecule has 1 amide bonds. The monoisotopic (exact) mass is 452 g/mol. The summed E-state index contributed by atoms with van der Waals surface area (Å²) >= 11 is 0. The zero-order valence-electron chi connectivity index (χ0n) is 17.2. The minimum Gasteiger partial charge on any atom is -0.368 e. The number of hydrogen-bond acceptors (Lipinski definition) is 6. The predicted molar refractivity (Wildman–Crippen MR) is 125 cm³/mol. The van der Waals surface area contributed by atoms with Crippen molar-refractivity contribution in [1.29, 1.82) is 0 Å². The molecule has 1 unspecified atom stereocenters. The van der Waals surface area contributed by atoms with Gasteiger partial charge in [0.1, 0.15) is 5.82 Å². The minimum absolute atomic E-state index is 0. The fourth-order valence-electron chi connectivity index (χ4n) is 4.15. The molecule has 3 heterocycles. The van der Waals surface area contributed by atoms with Crippen LogP contribution in [-0.4, -0.2) is 60.0 Å². The van der Waals surface area contributed by atoms with Gasteiger partial charge in [0.2, 0.25) is 5.95 Å². The fourth-order valence-corrected chi connectivity index (χ4v) is 4.15. The molecule has 4 rings (SSSR count). The topological polar surface area (TPSA) is 87.4 Å². The van der Waals surface area contributed by atoms with Gasteiger partial charge in [-0.15, -0.1) is 24.8 Å². The lowest BCUT2D eigenvalue weighted by molar-refractivity contribution is 0.0745. The molecule has 0 radical (unpaired) electrons. The number of carbonyl (C=O) groups excluding carboxylic acids is 1. The smallest absolute Gasteiger partial charge is 0.254 e. The summed E-state index contributed by atoms with van der Waals surface area (Å²) in [7, 11) is 0. The average Bonchev–Trinajstić information content (AvgIpc) is 3.20. The zero-order chi connectivity index (χ0) is 19.5. The Morgan fingerprint density at radius 3 is 2.57 bits per heavy atom. The molecule has 9 heteroatoms. The van der Waals surface area contributed by atoms with Crippen molar-refractivity contribution in [1.82, 2.24) is 20.2 Å². The lowest BCUT2D eigenvalue weighted by Gasteiger charge is -2.35. The van der Waals surface area contributed by atoms with E-state index in [9.17, 15) is 4.79 Å². The second-order valence-electron chi connectivity index (χ2n) is 7.73. The molecular formula is C21H30Cl2N6O. The van der Waals surface area contributed by atoms with Gasteiger partial charge in [0.05, 0.1) is 0 Å². The van der Waals surface area contributed by atoms with Gasteiger partial charge in [0.25, 0.3) is 5.91 Å². The molecule has 1 aromatic heterocycles. The third-order valence-corrected chi connectivity index (χ3v) is 5.67. The van der Waals surface area contributed by atoms with Crippen molar-refractivity contribution < 1.29 is 4.79 Å². The Bertz CT molecular complexity index is 831. The molecular weight excluding hydrogens is 423 g/mol. The molecule has 2 aliphatic heterocycles. The molecule has 1 aromatic carbocycles. The maximum absolute atomic E-state index is 13.2. The molecule has 7 nitrogen and oxygen atoms in total. The van der Waals surface area contributed by atoms with E-state index in [0.717, 1.165) is 49.7 Å². The van der Waals surface area contributed by atoms with Crippen LogP contribution < -0.4 is 16.0 Å². The molecule has 0 spiro atoms. The molecule has 2 saturated heterocycles. The lowest BCUT2D eigenvalue weighted by Crippen LogP contribution is -2.49. The van der Waals surface area contributed by atoms with Gasteiger partial charge in [0, 0.05) is 43.5 Å². The average molecular weight is 453 g/mol. The number of carbonyl (C=O) groups is 1. The highest BCUT2D eigenvalue weighted by Crippen LogP contribution is 2.21. The summed E-state index contributed by atoms with van der Waals surface area (Å²) in [6, 6.07) is 10.0. The maximum atomic E-state index is 13.2. The van der Waals surface area contributed by atoms with Crippen molar-refractivity contribution in [3.8, 4) is 0 Å².